The van der Waals surface area contributed by atoms with Crippen molar-refractivity contribution >= 4 is 47.3 Å². The largest absolute Gasteiger partial charge is 0.390 e. The van der Waals surface area contributed by atoms with Gasteiger partial charge in [-0.3, -0.25) is 9.59 Å². The van der Waals surface area contributed by atoms with Crippen molar-refractivity contribution in [1.82, 2.24) is 9.80 Å². The van der Waals surface area contributed by atoms with Gasteiger partial charge in [0, 0.05) is 9.49 Å². The molecule has 0 radical (unpaired) electrons. The molecule has 25 heavy (non-hydrogen) atoms. The first kappa shape index (κ1) is 17.2. The molecule has 2 amide bonds. The van der Waals surface area contributed by atoms with E-state index in [1.54, 1.807) is 23.5 Å². The first-order valence-electron chi connectivity index (χ1n) is 8.26. The van der Waals surface area contributed by atoms with Gasteiger partial charge < -0.3 is 14.5 Å². The number of nitrogens with zero attached hydrogens (tertiary/aromatic N) is 2. The quantitative estimate of drug-likeness (QED) is 0.398. The average molecular weight is 384 g/mol. The normalized spacial score (nSPS) is 37.1. The van der Waals surface area contributed by atoms with Gasteiger partial charge in [0.2, 0.25) is 11.8 Å². The zero-order valence-corrected chi connectivity index (χ0v) is 16.1. The highest BCUT2D eigenvalue weighted by atomic mass is 32.2. The predicted octanol–water partition coefficient (Wildman–Crippen LogP) is 0.961. The zero-order chi connectivity index (χ0) is 18.3. The maximum absolute atomic E-state index is 12.7. The summed E-state index contributed by atoms with van der Waals surface area (Å²) < 4.78 is 4.18. The van der Waals surface area contributed by atoms with E-state index in [1.165, 1.54) is 9.80 Å². The lowest BCUT2D eigenvalue weighted by Crippen LogP contribution is -2.60. The topological polar surface area (TPSA) is 84.0 Å². The molecule has 4 saturated heterocycles. The Morgan fingerprint density at radius 1 is 0.880 bits per heavy atom. The van der Waals surface area contributed by atoms with Gasteiger partial charge in [-0.1, -0.05) is 0 Å². The van der Waals surface area contributed by atoms with Crippen LogP contribution in [0.1, 0.15) is 40.5 Å². The molecule has 0 aromatic rings. The molecule has 4 aliphatic rings. The van der Waals surface area contributed by atoms with Crippen LogP contribution in [-0.2, 0) is 23.9 Å². The minimum absolute atomic E-state index is 0.0185. The Hall–Kier alpha value is -1.22. The molecular weight excluding hydrogens is 364 g/mol. The van der Waals surface area contributed by atoms with Crippen LogP contribution in [-0.4, -0.2) is 65.9 Å². The Morgan fingerprint density at radius 3 is 1.56 bits per heavy atom. The lowest BCUT2D eigenvalue weighted by molar-refractivity contribution is -0.175. The maximum Gasteiger partial charge on any atom is 0.338 e. The second-order valence-corrected chi connectivity index (χ2v) is 11.6. The summed E-state index contributed by atoms with van der Waals surface area (Å²) in [6, 6.07) is -1.54. The summed E-state index contributed by atoms with van der Waals surface area (Å²) in [6.07, 6.45) is 0.837. The van der Waals surface area contributed by atoms with Crippen LogP contribution in [0.2, 0.25) is 0 Å². The number of fused-ring (bicyclic) bond motifs is 2. The van der Waals surface area contributed by atoms with Crippen LogP contribution >= 0.6 is 23.5 Å². The monoisotopic (exact) mass is 384 g/mol. The van der Waals surface area contributed by atoms with Gasteiger partial charge >= 0.3 is 11.9 Å². The number of amides is 2. The third kappa shape index (κ3) is 2.34. The summed E-state index contributed by atoms with van der Waals surface area (Å²) in [5.41, 5.74) is 0. The van der Waals surface area contributed by atoms with Crippen LogP contribution in [0.4, 0.5) is 0 Å². The Morgan fingerprint density at radius 2 is 1.24 bits per heavy atom. The van der Waals surface area contributed by atoms with E-state index in [4.69, 9.17) is 4.74 Å². The summed E-state index contributed by atoms with van der Waals surface area (Å²) in [5.74, 6) is -1.58. The van der Waals surface area contributed by atoms with Gasteiger partial charge in [-0.15, -0.1) is 23.5 Å². The fraction of sp³-hybridized carbons (Fsp3) is 0.750. The van der Waals surface area contributed by atoms with Crippen molar-refractivity contribution in [3.63, 3.8) is 0 Å². The molecule has 9 heteroatoms. The number of hydrogen-bond acceptors (Lipinski definition) is 7. The number of hydrogen-bond donors (Lipinski definition) is 0. The van der Waals surface area contributed by atoms with Crippen molar-refractivity contribution in [1.29, 1.82) is 0 Å². The molecule has 0 spiro atoms. The molecule has 7 nitrogen and oxygen atoms in total. The van der Waals surface area contributed by atoms with E-state index >= 15 is 0 Å². The Labute approximate surface area is 154 Å². The number of rotatable bonds is 2. The van der Waals surface area contributed by atoms with Crippen molar-refractivity contribution in [2.75, 3.05) is 0 Å². The molecule has 4 heterocycles. The molecule has 136 valence electrons. The highest BCUT2D eigenvalue weighted by Gasteiger charge is 2.62. The van der Waals surface area contributed by atoms with E-state index in [9.17, 15) is 19.2 Å². The Balaban J connectivity index is 1.52. The molecule has 4 fully saturated rings. The summed E-state index contributed by atoms with van der Waals surface area (Å²) in [7, 11) is 0. The first-order chi connectivity index (χ1) is 11.5. The lowest BCUT2D eigenvalue weighted by atomic mass is 9.97. The van der Waals surface area contributed by atoms with Crippen molar-refractivity contribution in [3.05, 3.63) is 0 Å². The first-order valence-corrected chi connectivity index (χ1v) is 10.0. The molecule has 0 unspecified atom stereocenters. The summed E-state index contributed by atoms with van der Waals surface area (Å²) in [4.78, 5) is 52.2. The molecular formula is C16H20N2O5S2. The Bertz CT molecular complexity index is 649. The molecule has 4 aliphatic heterocycles. The highest BCUT2D eigenvalue weighted by molar-refractivity contribution is 8.02. The summed E-state index contributed by atoms with van der Waals surface area (Å²) in [5, 5.41) is -0.0371. The number of esters is 2. The second kappa shape index (κ2) is 5.16. The van der Waals surface area contributed by atoms with Crippen LogP contribution in [0.3, 0.4) is 0 Å². The van der Waals surface area contributed by atoms with Gasteiger partial charge in [0.25, 0.3) is 0 Å². The van der Waals surface area contributed by atoms with E-state index in [0.29, 0.717) is 12.8 Å². The predicted molar refractivity (Wildman–Crippen MR) is 92.5 cm³/mol. The SMILES string of the molecule is CC1(C)S[C@@H]2CC(=O)N2[C@H]1C(=O)OC(=O)[C@@H]1N2C(=O)C[C@H]2SC1(C)C. The fourth-order valence-electron chi connectivity index (χ4n) is 4.13. The molecule has 0 aromatic heterocycles. The van der Waals surface area contributed by atoms with E-state index in [0.717, 1.165) is 0 Å². The highest BCUT2D eigenvalue weighted by Crippen LogP contribution is 2.52. The van der Waals surface area contributed by atoms with E-state index in [-0.39, 0.29) is 22.6 Å². The van der Waals surface area contributed by atoms with Crippen LogP contribution in [0.15, 0.2) is 0 Å². The summed E-state index contributed by atoms with van der Waals surface area (Å²) >= 11 is 3.11. The lowest BCUT2D eigenvalue weighted by Gasteiger charge is -2.39. The summed E-state index contributed by atoms with van der Waals surface area (Å²) in [6.45, 7) is 7.52. The standard InChI is InChI=1S/C16H20N2O5S2/c1-15(2)11(17-7(19)5-9(17)24-15)13(21)23-14(22)12-16(3,4)25-10-6-8(20)18(10)12/h9-12H,5-6H2,1-4H3/t9-,10-,11+,12+/m1/s1. The molecule has 0 aromatic carbocycles. The van der Waals surface area contributed by atoms with Crippen LogP contribution in [0.5, 0.6) is 0 Å². The van der Waals surface area contributed by atoms with Crippen molar-refractivity contribution in [3.8, 4) is 0 Å². The molecule has 0 bridgehead atoms. The molecule has 0 aliphatic carbocycles. The van der Waals surface area contributed by atoms with Crippen molar-refractivity contribution < 1.29 is 23.9 Å². The molecule has 4 atom stereocenters. The number of β-lactam (4-membered cyclic amide) rings is 2. The Kier molecular flexibility index (Phi) is 3.55. The van der Waals surface area contributed by atoms with Gasteiger partial charge in [0.05, 0.1) is 23.6 Å². The third-order valence-corrected chi connectivity index (χ3v) is 8.29. The number of carbonyl (C=O) groups is 4. The van der Waals surface area contributed by atoms with E-state index in [2.05, 4.69) is 0 Å². The third-order valence-electron chi connectivity index (χ3n) is 5.30. The van der Waals surface area contributed by atoms with E-state index < -0.39 is 33.5 Å². The average Bonchev–Trinajstić information content (AvgIpc) is 2.82. The molecule has 0 saturated carbocycles. The van der Waals surface area contributed by atoms with Crippen LogP contribution < -0.4 is 0 Å². The number of carbonyl (C=O) groups excluding carboxylic acids is 4. The van der Waals surface area contributed by atoms with Gasteiger partial charge in [-0.25, -0.2) is 9.59 Å². The molecule has 0 N–H and O–H groups in total. The zero-order valence-electron chi connectivity index (χ0n) is 14.5. The number of ether oxygens (including phenoxy) is 1. The van der Waals surface area contributed by atoms with Gasteiger partial charge in [-0.2, -0.15) is 0 Å². The second-order valence-electron chi connectivity index (χ2n) is 7.91. The molecule has 4 rings (SSSR count). The number of thioether (sulfide) groups is 2. The van der Waals surface area contributed by atoms with Gasteiger partial charge in [-0.05, 0) is 27.7 Å². The van der Waals surface area contributed by atoms with Crippen molar-refractivity contribution in [2.24, 2.45) is 0 Å². The maximum atomic E-state index is 12.7. The van der Waals surface area contributed by atoms with Crippen molar-refractivity contribution in [2.45, 2.75) is 72.9 Å². The van der Waals surface area contributed by atoms with Gasteiger partial charge in [0.1, 0.15) is 12.1 Å². The minimum Gasteiger partial charge on any atom is -0.390 e. The van der Waals surface area contributed by atoms with Crippen LogP contribution in [0.25, 0.3) is 0 Å². The minimum atomic E-state index is -0.771. The van der Waals surface area contributed by atoms with Crippen LogP contribution in [0, 0.1) is 0 Å². The smallest absolute Gasteiger partial charge is 0.338 e. The van der Waals surface area contributed by atoms with Gasteiger partial charge in [0.15, 0.2) is 0 Å². The van der Waals surface area contributed by atoms with E-state index in [1.807, 2.05) is 27.7 Å². The fourth-order valence-corrected chi connectivity index (χ4v) is 7.36.